The molecule has 0 saturated carbocycles. The van der Waals surface area contributed by atoms with Gasteiger partial charge < -0.3 is 0 Å². The molecule has 0 unspecified atom stereocenters. The monoisotopic (exact) mass is 210 g/mol. The van der Waals surface area contributed by atoms with Crippen LogP contribution in [-0.2, 0) is 5.33 Å². The van der Waals surface area contributed by atoms with Gasteiger partial charge in [0.15, 0.2) is 0 Å². The van der Waals surface area contributed by atoms with Crippen molar-refractivity contribution in [3.05, 3.63) is 35.4 Å². The van der Waals surface area contributed by atoms with E-state index < -0.39 is 0 Å². The fourth-order valence-electron chi connectivity index (χ4n) is 0.795. The molecule has 0 radical (unpaired) electrons. The zero-order valence-electron chi connectivity index (χ0n) is 5.39. The lowest BCUT2D eigenvalue weighted by atomic mass is 10.2. The Bertz CT molecular complexity index is 198. The Morgan fingerprint density at radius 1 is 1.40 bits per heavy atom. The molecule has 1 aromatic rings. The van der Waals surface area contributed by atoms with Crippen molar-refractivity contribution in [3.63, 3.8) is 0 Å². The molecule has 52 valence electrons. The molecule has 2 heteroatoms. The quantitative estimate of drug-likeness (QED) is 0.492. The van der Waals surface area contributed by atoms with Crippen LogP contribution in [0, 0.1) is 6.92 Å². The van der Waals surface area contributed by atoms with Crippen molar-refractivity contribution in [3.8, 4) is 0 Å². The summed E-state index contributed by atoms with van der Waals surface area (Å²) in [6.07, 6.45) is 0. The maximum atomic E-state index is 3.39. The molecule has 0 amide bonds. The molecule has 0 bridgehead atoms. The molecule has 0 aromatic heterocycles. The molecule has 0 aliphatic rings. The van der Waals surface area contributed by atoms with Gasteiger partial charge in [0.2, 0.25) is 0 Å². The van der Waals surface area contributed by atoms with Crippen LogP contribution in [0.3, 0.4) is 0 Å². The summed E-state index contributed by atoms with van der Waals surface area (Å²) in [7, 11) is 0. The van der Waals surface area contributed by atoms with Gasteiger partial charge in [0.25, 0.3) is 0 Å². The zero-order chi connectivity index (χ0) is 6.69. The Morgan fingerprint density at radius 2 is 2.10 bits per heavy atom. The number of aryl methyl sites for hydroxylation is 1. The number of benzene rings is 1. The number of alkyl halides is 1. The van der Waals surface area contributed by atoms with Crippen LogP contribution in [0.5, 0.6) is 0 Å². The van der Waals surface area contributed by atoms with Crippen LogP contribution >= 0.6 is 15.9 Å². The second-order valence-electron chi connectivity index (χ2n) is 2.12. The van der Waals surface area contributed by atoms with Gasteiger partial charge in [-0.25, -0.2) is 0 Å². The van der Waals surface area contributed by atoms with Crippen molar-refractivity contribution in [1.82, 2.24) is 0 Å². The number of halogens is 1. The van der Waals surface area contributed by atoms with E-state index in [2.05, 4.69) is 47.1 Å². The number of hydrogen-bond donors (Lipinski definition) is 0. The van der Waals surface area contributed by atoms with Gasteiger partial charge in [0.05, 0.1) is 0 Å². The molecule has 0 nitrogen and oxygen atoms in total. The third-order valence-corrected chi connectivity index (χ3v) is 1.88. The van der Waals surface area contributed by atoms with Crippen LogP contribution in [0.2, 0.25) is 0 Å². The highest BCUT2D eigenvalue weighted by atomic mass is 79.9. The van der Waals surface area contributed by atoms with Gasteiger partial charge in [-0.05, 0) is 12.5 Å². The largest absolute Gasteiger partial charge is 0.316 e. The second kappa shape index (κ2) is 5.16. The third-order valence-electron chi connectivity index (χ3n) is 1.24. The minimum atomic E-state index is 0. The molecule has 0 spiro atoms. The van der Waals surface area contributed by atoms with Crippen LogP contribution in [0.4, 0.5) is 0 Å². The predicted molar refractivity (Wildman–Crippen MR) is 52.4 cm³/mol. The first kappa shape index (κ1) is 10.5. The lowest BCUT2D eigenvalue weighted by Gasteiger charge is -1.94. The van der Waals surface area contributed by atoms with E-state index in [1.165, 1.54) is 11.1 Å². The molecule has 0 saturated heterocycles. The molecule has 0 fully saturated rings. The Morgan fingerprint density at radius 3 is 2.50 bits per heavy atom. The smallest absolute Gasteiger partial charge is 0.0876 e. The SMILES string of the molecule is Cc1cccc(CBr)c1.[MgH2]. The van der Waals surface area contributed by atoms with E-state index in [4.69, 9.17) is 0 Å². The van der Waals surface area contributed by atoms with E-state index in [0.29, 0.717) is 0 Å². The summed E-state index contributed by atoms with van der Waals surface area (Å²) in [6, 6.07) is 8.47. The zero-order valence-corrected chi connectivity index (χ0v) is 6.98. The van der Waals surface area contributed by atoms with Crippen molar-refractivity contribution in [1.29, 1.82) is 0 Å². The highest BCUT2D eigenvalue weighted by Gasteiger charge is 1.86. The van der Waals surface area contributed by atoms with E-state index in [0.717, 1.165) is 5.33 Å². The predicted octanol–water partition coefficient (Wildman–Crippen LogP) is 1.97. The summed E-state index contributed by atoms with van der Waals surface area (Å²) < 4.78 is 0. The van der Waals surface area contributed by atoms with Crippen LogP contribution in [0.25, 0.3) is 0 Å². The standard InChI is InChI=1S/C8H9Br.Mg.2H/c1-7-3-2-4-8(5-7)6-9;;;/h2-5H,6H2,1H3;;;. The minimum Gasteiger partial charge on any atom is -0.0876 e. The Hall–Kier alpha value is 0.466. The third kappa shape index (κ3) is 3.04. The molecule has 1 aromatic carbocycles. The normalized spacial score (nSPS) is 8.60. The molecule has 0 aliphatic carbocycles. The van der Waals surface area contributed by atoms with E-state index in [1.807, 2.05) is 0 Å². The van der Waals surface area contributed by atoms with Crippen molar-refractivity contribution in [2.24, 2.45) is 0 Å². The molecule has 0 aliphatic heterocycles. The van der Waals surface area contributed by atoms with Crippen LogP contribution in [0.15, 0.2) is 24.3 Å². The first-order valence-corrected chi connectivity index (χ1v) is 4.06. The second-order valence-corrected chi connectivity index (χ2v) is 2.68. The van der Waals surface area contributed by atoms with Crippen molar-refractivity contribution in [2.75, 3.05) is 0 Å². The highest BCUT2D eigenvalue weighted by Crippen LogP contribution is 2.06. The van der Waals surface area contributed by atoms with E-state index in [1.54, 1.807) is 0 Å². The maximum Gasteiger partial charge on any atom is 0.316 e. The molecule has 1 rings (SSSR count). The van der Waals surface area contributed by atoms with Crippen LogP contribution < -0.4 is 0 Å². The number of rotatable bonds is 1. The number of hydrogen-bond acceptors (Lipinski definition) is 0. The molecular weight excluding hydrogens is 200 g/mol. The van der Waals surface area contributed by atoms with Gasteiger partial charge in [-0.15, -0.1) is 0 Å². The molecular formula is C8H11BrMg. The summed E-state index contributed by atoms with van der Waals surface area (Å²) in [6.45, 7) is 2.10. The lowest BCUT2D eigenvalue weighted by Crippen LogP contribution is -1.76. The minimum absolute atomic E-state index is 0. The summed E-state index contributed by atoms with van der Waals surface area (Å²) in [5.74, 6) is 0. The van der Waals surface area contributed by atoms with Gasteiger partial charge in [0.1, 0.15) is 0 Å². The molecule has 0 atom stereocenters. The molecule has 0 heterocycles. The van der Waals surface area contributed by atoms with Crippen LogP contribution in [0.1, 0.15) is 11.1 Å². The topological polar surface area (TPSA) is 0 Å². The first-order chi connectivity index (χ1) is 4.33. The summed E-state index contributed by atoms with van der Waals surface area (Å²) in [5, 5.41) is 0.953. The highest BCUT2D eigenvalue weighted by molar-refractivity contribution is 9.08. The average Bonchev–Trinajstić information content (AvgIpc) is 1.88. The average molecular weight is 211 g/mol. The van der Waals surface area contributed by atoms with Crippen molar-refractivity contribution < 1.29 is 0 Å². The maximum absolute atomic E-state index is 3.39. The van der Waals surface area contributed by atoms with E-state index >= 15 is 0 Å². The Kier molecular flexibility index (Phi) is 5.40. The fourth-order valence-corrected chi connectivity index (χ4v) is 1.14. The van der Waals surface area contributed by atoms with E-state index in [-0.39, 0.29) is 23.1 Å². The van der Waals surface area contributed by atoms with Gasteiger partial charge in [-0.3, -0.25) is 0 Å². The Balaban J connectivity index is 0.000000810. The van der Waals surface area contributed by atoms with Gasteiger partial charge in [0, 0.05) is 5.33 Å². The van der Waals surface area contributed by atoms with Gasteiger partial charge >= 0.3 is 23.1 Å². The van der Waals surface area contributed by atoms with Gasteiger partial charge in [-0.1, -0.05) is 45.8 Å². The molecule has 0 N–H and O–H groups in total. The van der Waals surface area contributed by atoms with Crippen LogP contribution in [-0.4, -0.2) is 23.1 Å². The van der Waals surface area contributed by atoms with Crippen molar-refractivity contribution >= 4 is 39.0 Å². The van der Waals surface area contributed by atoms with E-state index in [9.17, 15) is 0 Å². The fraction of sp³-hybridized carbons (Fsp3) is 0.250. The lowest BCUT2D eigenvalue weighted by molar-refractivity contribution is 1.37. The first-order valence-electron chi connectivity index (χ1n) is 2.94. The summed E-state index contributed by atoms with van der Waals surface area (Å²) in [5.41, 5.74) is 2.67. The summed E-state index contributed by atoms with van der Waals surface area (Å²) in [4.78, 5) is 0. The molecule has 10 heavy (non-hydrogen) atoms. The van der Waals surface area contributed by atoms with Crippen molar-refractivity contribution in [2.45, 2.75) is 12.3 Å². The Labute approximate surface area is 86.3 Å². The van der Waals surface area contributed by atoms with Gasteiger partial charge in [-0.2, -0.15) is 0 Å². The summed E-state index contributed by atoms with van der Waals surface area (Å²) >= 11 is 3.39.